The van der Waals surface area contributed by atoms with Crippen molar-refractivity contribution in [1.29, 1.82) is 0 Å². The Bertz CT molecular complexity index is 212. The van der Waals surface area contributed by atoms with Crippen LogP contribution in [0.3, 0.4) is 0 Å². The average Bonchev–Trinajstić information content (AvgIpc) is 2.42. The minimum Gasteiger partial charge on any atom is -0.386 e. The van der Waals surface area contributed by atoms with Crippen LogP contribution in [0.15, 0.2) is 5.10 Å². The molecule has 2 atom stereocenters. The van der Waals surface area contributed by atoms with Crippen LogP contribution in [0.1, 0.15) is 25.7 Å². The van der Waals surface area contributed by atoms with Crippen molar-refractivity contribution in [2.45, 2.75) is 37.8 Å². The zero-order valence-corrected chi connectivity index (χ0v) is 8.11. The molecule has 0 aliphatic carbocycles. The van der Waals surface area contributed by atoms with Crippen molar-refractivity contribution in [3.63, 3.8) is 0 Å². The van der Waals surface area contributed by atoms with Gasteiger partial charge in [-0.3, -0.25) is 0 Å². The molecule has 0 spiro atoms. The van der Waals surface area contributed by atoms with Crippen molar-refractivity contribution in [3.8, 4) is 0 Å². The smallest absolute Gasteiger partial charge is 0.122 e. The van der Waals surface area contributed by atoms with Gasteiger partial charge in [0.2, 0.25) is 0 Å². The highest BCUT2D eigenvalue weighted by Crippen LogP contribution is 2.37. The Hall–Kier alpha value is -0.770. The Morgan fingerprint density at radius 3 is 2.31 bits per heavy atom. The molecular formula is C9H18N4. The van der Waals surface area contributed by atoms with Gasteiger partial charge in [0.15, 0.2) is 0 Å². The average molecular weight is 182 g/mol. The van der Waals surface area contributed by atoms with E-state index < -0.39 is 0 Å². The summed E-state index contributed by atoms with van der Waals surface area (Å²) in [7, 11) is 2.22. The van der Waals surface area contributed by atoms with E-state index in [1.807, 2.05) is 0 Å². The van der Waals surface area contributed by atoms with Gasteiger partial charge in [-0.1, -0.05) is 0 Å². The van der Waals surface area contributed by atoms with Crippen molar-refractivity contribution in [2.75, 3.05) is 7.05 Å². The number of hydrogen-bond donors (Lipinski definition) is 2. The van der Waals surface area contributed by atoms with Gasteiger partial charge in [0, 0.05) is 18.0 Å². The Kier molecular flexibility index (Phi) is 2.15. The molecule has 2 unspecified atom stereocenters. The lowest BCUT2D eigenvalue weighted by molar-refractivity contribution is 0.158. The molecule has 0 saturated carbocycles. The third kappa shape index (κ3) is 1.39. The normalized spacial score (nSPS) is 41.0. The van der Waals surface area contributed by atoms with Crippen molar-refractivity contribution in [1.82, 2.24) is 4.90 Å². The van der Waals surface area contributed by atoms with E-state index in [0.717, 1.165) is 12.8 Å². The molecule has 0 aromatic heterocycles. The van der Waals surface area contributed by atoms with Gasteiger partial charge >= 0.3 is 0 Å². The number of fused-ring (bicyclic) bond motifs is 2. The molecule has 13 heavy (non-hydrogen) atoms. The molecule has 2 aliphatic heterocycles. The summed E-state index contributed by atoms with van der Waals surface area (Å²) in [5, 5.41) is 3.61. The number of hydrazone groups is 1. The van der Waals surface area contributed by atoms with Gasteiger partial charge in [0.25, 0.3) is 0 Å². The minimum absolute atomic E-state index is 0.429. The van der Waals surface area contributed by atoms with Gasteiger partial charge in [0.1, 0.15) is 5.84 Å². The second kappa shape index (κ2) is 3.18. The Labute approximate surface area is 79.0 Å². The predicted molar refractivity (Wildman–Crippen MR) is 53.1 cm³/mol. The first kappa shape index (κ1) is 8.81. The van der Waals surface area contributed by atoms with Crippen molar-refractivity contribution in [2.24, 2.45) is 22.6 Å². The Morgan fingerprint density at radius 2 is 1.85 bits per heavy atom. The number of hydrogen-bond acceptors (Lipinski definition) is 3. The van der Waals surface area contributed by atoms with E-state index in [-0.39, 0.29) is 0 Å². The molecule has 4 heteroatoms. The Balaban J connectivity index is 2.07. The summed E-state index contributed by atoms with van der Waals surface area (Å²) in [5.74, 6) is 6.27. The van der Waals surface area contributed by atoms with E-state index >= 15 is 0 Å². The minimum atomic E-state index is 0.429. The zero-order chi connectivity index (χ0) is 9.42. The molecular weight excluding hydrogens is 164 g/mol. The summed E-state index contributed by atoms with van der Waals surface area (Å²) >= 11 is 0. The van der Waals surface area contributed by atoms with Crippen molar-refractivity contribution in [3.05, 3.63) is 0 Å². The van der Waals surface area contributed by atoms with E-state index in [0.29, 0.717) is 23.8 Å². The van der Waals surface area contributed by atoms with Gasteiger partial charge in [-0.05, 0) is 32.7 Å². The number of nitrogens with zero attached hydrogens (tertiary/aromatic N) is 2. The molecule has 2 saturated heterocycles. The van der Waals surface area contributed by atoms with Gasteiger partial charge < -0.3 is 16.5 Å². The highest BCUT2D eigenvalue weighted by molar-refractivity contribution is 5.82. The molecule has 0 amide bonds. The summed E-state index contributed by atoms with van der Waals surface area (Å²) in [6, 6.07) is 1.42. The molecule has 2 bridgehead atoms. The highest BCUT2D eigenvalue weighted by Gasteiger charge is 2.39. The summed E-state index contributed by atoms with van der Waals surface area (Å²) < 4.78 is 0. The van der Waals surface area contributed by atoms with Gasteiger partial charge in [-0.2, -0.15) is 5.10 Å². The van der Waals surface area contributed by atoms with Crippen LogP contribution in [0.4, 0.5) is 0 Å². The highest BCUT2D eigenvalue weighted by atomic mass is 15.2. The largest absolute Gasteiger partial charge is 0.386 e. The molecule has 4 nitrogen and oxygen atoms in total. The first-order valence-electron chi connectivity index (χ1n) is 4.97. The van der Waals surface area contributed by atoms with E-state index in [1.54, 1.807) is 0 Å². The number of nitrogens with two attached hydrogens (primary N) is 2. The maximum atomic E-state index is 5.75. The molecule has 0 aromatic rings. The molecule has 2 heterocycles. The fourth-order valence-electron chi connectivity index (χ4n) is 2.76. The molecule has 0 radical (unpaired) electrons. The van der Waals surface area contributed by atoms with Crippen LogP contribution in [-0.2, 0) is 0 Å². The number of amidine groups is 1. The van der Waals surface area contributed by atoms with E-state index in [4.69, 9.17) is 11.6 Å². The maximum absolute atomic E-state index is 5.75. The van der Waals surface area contributed by atoms with Crippen molar-refractivity contribution >= 4 is 5.84 Å². The third-order valence-corrected chi connectivity index (χ3v) is 3.67. The van der Waals surface area contributed by atoms with E-state index in [1.165, 1.54) is 12.8 Å². The molecule has 2 rings (SSSR count). The van der Waals surface area contributed by atoms with Gasteiger partial charge in [0.05, 0.1) is 0 Å². The van der Waals surface area contributed by atoms with Crippen LogP contribution < -0.4 is 11.6 Å². The molecule has 2 fully saturated rings. The lowest BCUT2D eigenvalue weighted by atomic mass is 9.90. The first-order chi connectivity index (χ1) is 6.22. The summed E-state index contributed by atoms with van der Waals surface area (Å²) in [6.07, 6.45) is 4.91. The summed E-state index contributed by atoms with van der Waals surface area (Å²) in [5.41, 5.74) is 5.75. The zero-order valence-electron chi connectivity index (χ0n) is 8.11. The quantitative estimate of drug-likeness (QED) is 0.261. The number of rotatable bonds is 1. The van der Waals surface area contributed by atoms with Crippen LogP contribution in [0.5, 0.6) is 0 Å². The van der Waals surface area contributed by atoms with Crippen LogP contribution in [-0.4, -0.2) is 29.9 Å². The summed E-state index contributed by atoms with van der Waals surface area (Å²) in [6.45, 7) is 0. The SMILES string of the molecule is CN1C2CCC1CC(C(N)=NN)C2. The summed E-state index contributed by atoms with van der Waals surface area (Å²) in [4.78, 5) is 2.49. The molecule has 74 valence electrons. The predicted octanol–water partition coefficient (Wildman–Crippen LogP) is 0.0901. The molecule has 0 aromatic carbocycles. The van der Waals surface area contributed by atoms with E-state index in [9.17, 15) is 0 Å². The first-order valence-corrected chi connectivity index (χ1v) is 4.97. The Morgan fingerprint density at radius 1 is 1.31 bits per heavy atom. The second-order valence-electron chi connectivity index (χ2n) is 4.27. The lowest BCUT2D eigenvalue weighted by Crippen LogP contribution is -2.43. The lowest BCUT2D eigenvalue weighted by Gasteiger charge is -2.35. The topological polar surface area (TPSA) is 67.6 Å². The van der Waals surface area contributed by atoms with E-state index in [2.05, 4.69) is 17.0 Å². The van der Waals surface area contributed by atoms with Crippen LogP contribution in [0, 0.1) is 5.92 Å². The van der Waals surface area contributed by atoms with Crippen molar-refractivity contribution < 1.29 is 0 Å². The fraction of sp³-hybridized carbons (Fsp3) is 0.889. The standard InChI is InChI=1S/C9H18N4/c1-13-7-2-3-8(13)5-6(4-7)9(10)12-11/h6-8H,2-5,11H2,1H3,(H2,10,12). The maximum Gasteiger partial charge on any atom is 0.122 e. The van der Waals surface area contributed by atoms with Gasteiger partial charge in [-0.25, -0.2) is 0 Å². The van der Waals surface area contributed by atoms with Crippen LogP contribution in [0.25, 0.3) is 0 Å². The molecule has 2 aliphatic rings. The monoisotopic (exact) mass is 182 g/mol. The van der Waals surface area contributed by atoms with Gasteiger partial charge in [-0.15, -0.1) is 0 Å². The second-order valence-corrected chi connectivity index (χ2v) is 4.27. The van der Waals surface area contributed by atoms with Crippen LogP contribution in [0.2, 0.25) is 0 Å². The third-order valence-electron chi connectivity index (χ3n) is 3.67. The van der Waals surface area contributed by atoms with Crippen LogP contribution >= 0.6 is 0 Å². The number of piperidine rings is 1. The fourth-order valence-corrected chi connectivity index (χ4v) is 2.76. The molecule has 4 N–H and O–H groups in total.